The predicted molar refractivity (Wildman–Crippen MR) is 134 cm³/mol. The van der Waals surface area contributed by atoms with Crippen LogP contribution >= 0.6 is 0 Å². The molecule has 0 radical (unpaired) electrons. The van der Waals surface area contributed by atoms with E-state index in [1.807, 2.05) is 0 Å². The molecule has 0 aromatic carbocycles. The lowest BCUT2D eigenvalue weighted by molar-refractivity contribution is -0.198. The molecule has 8 atom stereocenters. The maximum Gasteiger partial charge on any atom is 0.0618 e. The monoisotopic (exact) mass is 456 g/mol. The van der Waals surface area contributed by atoms with E-state index in [4.69, 9.17) is 0 Å². The van der Waals surface area contributed by atoms with Crippen molar-refractivity contribution >= 4 is 0 Å². The van der Waals surface area contributed by atoms with Gasteiger partial charge in [0.2, 0.25) is 0 Å². The summed E-state index contributed by atoms with van der Waals surface area (Å²) in [5, 5.41) is 31.9. The number of hydrogen-bond acceptors (Lipinski definition) is 3. The van der Waals surface area contributed by atoms with E-state index in [0.29, 0.717) is 23.9 Å². The fraction of sp³-hybridized carbons (Fsp3) is 0.867. The molecular weight excluding hydrogens is 408 g/mol. The number of fused-ring (bicyclic) bond motifs is 6. The third kappa shape index (κ3) is 2.91. The van der Waals surface area contributed by atoms with Crippen LogP contribution < -0.4 is 0 Å². The molecule has 0 saturated heterocycles. The van der Waals surface area contributed by atoms with Crippen LogP contribution in [-0.4, -0.2) is 34.6 Å². The van der Waals surface area contributed by atoms with Crippen molar-refractivity contribution in [1.29, 1.82) is 0 Å². The Bertz CT molecular complexity index is 887. The molecular formula is C30H48O3. The zero-order chi connectivity index (χ0) is 24.1. The van der Waals surface area contributed by atoms with Crippen LogP contribution in [0.15, 0.2) is 23.3 Å². The summed E-state index contributed by atoms with van der Waals surface area (Å²) in [6.45, 7) is 14.9. The molecule has 0 spiro atoms. The summed E-state index contributed by atoms with van der Waals surface area (Å²) in [4.78, 5) is 0. The molecule has 0 amide bonds. The number of allylic oxidation sites excluding steroid dienone is 3. The van der Waals surface area contributed by atoms with Crippen LogP contribution in [0, 0.1) is 44.3 Å². The summed E-state index contributed by atoms with van der Waals surface area (Å²) in [5.41, 5.74) is 3.38. The summed E-state index contributed by atoms with van der Waals surface area (Å²) >= 11 is 0. The molecule has 0 aromatic heterocycles. The number of aliphatic hydroxyl groups is 3. The van der Waals surface area contributed by atoms with Gasteiger partial charge >= 0.3 is 0 Å². The lowest BCUT2D eigenvalue weighted by atomic mass is 9.35. The molecule has 3 heteroatoms. The number of rotatable bonds is 2. The normalized spacial score (nSPS) is 53.1. The molecule has 5 aliphatic carbocycles. The first kappa shape index (κ1) is 24.1. The van der Waals surface area contributed by atoms with Crippen LogP contribution in [0.5, 0.6) is 0 Å². The van der Waals surface area contributed by atoms with Gasteiger partial charge in [-0.1, -0.05) is 59.3 Å². The van der Waals surface area contributed by atoms with Crippen molar-refractivity contribution in [3.05, 3.63) is 23.3 Å². The predicted octanol–water partition coefficient (Wildman–Crippen LogP) is 6.03. The first-order chi connectivity index (χ1) is 15.3. The van der Waals surface area contributed by atoms with Crippen molar-refractivity contribution in [3.8, 4) is 0 Å². The van der Waals surface area contributed by atoms with Gasteiger partial charge in [0.1, 0.15) is 0 Å². The van der Waals surface area contributed by atoms with E-state index in [9.17, 15) is 15.3 Å². The van der Waals surface area contributed by atoms with Crippen molar-refractivity contribution in [2.45, 2.75) is 105 Å². The van der Waals surface area contributed by atoms with Crippen molar-refractivity contribution in [1.82, 2.24) is 0 Å². The highest BCUT2D eigenvalue weighted by Crippen LogP contribution is 2.74. The van der Waals surface area contributed by atoms with Crippen molar-refractivity contribution in [2.24, 2.45) is 44.3 Å². The molecule has 0 heterocycles. The first-order valence-electron chi connectivity index (χ1n) is 13.6. The topological polar surface area (TPSA) is 60.7 Å². The van der Waals surface area contributed by atoms with Gasteiger partial charge in [0.15, 0.2) is 0 Å². The highest BCUT2D eigenvalue weighted by atomic mass is 16.3. The van der Waals surface area contributed by atoms with E-state index >= 15 is 0 Å². The third-order valence-electron chi connectivity index (χ3n) is 12.6. The molecule has 3 N–H and O–H groups in total. The van der Waals surface area contributed by atoms with E-state index in [1.165, 1.54) is 6.42 Å². The second-order valence-electron chi connectivity index (χ2n) is 14.6. The molecule has 33 heavy (non-hydrogen) atoms. The second kappa shape index (κ2) is 7.20. The van der Waals surface area contributed by atoms with Crippen LogP contribution in [0.3, 0.4) is 0 Å². The van der Waals surface area contributed by atoms with E-state index in [1.54, 1.807) is 11.1 Å². The molecule has 5 aliphatic rings. The average Bonchev–Trinajstić information content (AvgIpc) is 2.77. The summed E-state index contributed by atoms with van der Waals surface area (Å²) in [6.07, 6.45) is 14.4. The van der Waals surface area contributed by atoms with Crippen LogP contribution in [-0.2, 0) is 0 Å². The molecule has 3 saturated carbocycles. The third-order valence-corrected chi connectivity index (χ3v) is 12.6. The molecule has 0 aromatic rings. The molecule has 3 nitrogen and oxygen atoms in total. The molecule has 186 valence electrons. The van der Waals surface area contributed by atoms with Crippen molar-refractivity contribution < 1.29 is 15.3 Å². The second-order valence-corrected chi connectivity index (χ2v) is 14.6. The Morgan fingerprint density at radius 3 is 2.21 bits per heavy atom. The molecule has 5 rings (SSSR count). The lowest BCUT2D eigenvalue weighted by Crippen LogP contribution is -2.64. The van der Waals surface area contributed by atoms with Crippen molar-refractivity contribution in [3.63, 3.8) is 0 Å². The van der Waals surface area contributed by atoms with Gasteiger partial charge in [-0.2, -0.15) is 0 Å². The van der Waals surface area contributed by atoms with Gasteiger partial charge in [0.25, 0.3) is 0 Å². The SMILES string of the molecule is CC1(C)CC[C@]2(CO)CC[C@]3(C)C(=C2C1)C=C[C@@H]1[C@@]2(C)CC[C@@H](O)[C@@](C)(CO)[C@@H]2CC[C@]13C. The summed E-state index contributed by atoms with van der Waals surface area (Å²) in [5.74, 6) is 0.794. The molecule has 0 unspecified atom stereocenters. The zero-order valence-electron chi connectivity index (χ0n) is 22.0. The Hall–Kier alpha value is -0.640. The average molecular weight is 457 g/mol. The van der Waals surface area contributed by atoms with E-state index in [0.717, 1.165) is 51.4 Å². The minimum absolute atomic E-state index is 0.0105. The Morgan fingerprint density at radius 1 is 0.848 bits per heavy atom. The van der Waals surface area contributed by atoms with Gasteiger partial charge in [-0.05, 0) is 96.9 Å². The Kier molecular flexibility index (Phi) is 5.25. The summed E-state index contributed by atoms with van der Waals surface area (Å²) < 4.78 is 0. The minimum Gasteiger partial charge on any atom is -0.396 e. The molecule has 0 bridgehead atoms. The van der Waals surface area contributed by atoms with E-state index < -0.39 is 11.5 Å². The first-order valence-corrected chi connectivity index (χ1v) is 13.6. The van der Waals surface area contributed by atoms with Gasteiger partial charge < -0.3 is 15.3 Å². The van der Waals surface area contributed by atoms with Gasteiger partial charge in [-0.3, -0.25) is 0 Å². The fourth-order valence-corrected chi connectivity index (χ4v) is 9.98. The Balaban J connectivity index is 1.65. The van der Waals surface area contributed by atoms with Gasteiger partial charge in [0.05, 0.1) is 19.3 Å². The van der Waals surface area contributed by atoms with Crippen LogP contribution in [0.1, 0.15) is 99.3 Å². The highest BCUT2D eigenvalue weighted by molar-refractivity contribution is 5.46. The van der Waals surface area contributed by atoms with Gasteiger partial charge in [-0.25, -0.2) is 0 Å². The number of hydrogen-bond donors (Lipinski definition) is 3. The lowest BCUT2D eigenvalue weighted by Gasteiger charge is -2.69. The fourth-order valence-electron chi connectivity index (χ4n) is 9.98. The van der Waals surface area contributed by atoms with E-state index in [2.05, 4.69) is 53.7 Å². The Morgan fingerprint density at radius 2 is 1.55 bits per heavy atom. The maximum atomic E-state index is 10.9. The summed E-state index contributed by atoms with van der Waals surface area (Å²) in [7, 11) is 0. The van der Waals surface area contributed by atoms with Crippen molar-refractivity contribution in [2.75, 3.05) is 13.2 Å². The quantitative estimate of drug-likeness (QED) is 0.475. The standard InChI is InChI=1S/C30H48O3/c1-25(2)13-15-30(19-32)16-14-28(5)20(21(30)17-25)7-8-23-26(3)11-10-24(33)27(4,18-31)22(26)9-12-29(23,28)6/h7-8,22-24,31-33H,9-19H2,1-6H3/t22-,23-,24-,26+,27+,28-,29-,30-/m1/s1. The maximum absolute atomic E-state index is 10.9. The van der Waals surface area contributed by atoms with E-state index in [-0.39, 0.29) is 28.3 Å². The molecule has 3 fully saturated rings. The largest absolute Gasteiger partial charge is 0.396 e. The van der Waals surface area contributed by atoms with Crippen LogP contribution in [0.4, 0.5) is 0 Å². The Labute approximate surface area is 201 Å². The van der Waals surface area contributed by atoms with Crippen LogP contribution in [0.25, 0.3) is 0 Å². The zero-order valence-corrected chi connectivity index (χ0v) is 22.0. The minimum atomic E-state index is -0.409. The van der Waals surface area contributed by atoms with Gasteiger partial charge in [0, 0.05) is 10.8 Å². The smallest absolute Gasteiger partial charge is 0.0618 e. The highest BCUT2D eigenvalue weighted by Gasteiger charge is 2.67. The molecule has 0 aliphatic heterocycles. The van der Waals surface area contributed by atoms with Gasteiger partial charge in [-0.15, -0.1) is 0 Å². The number of aliphatic hydroxyl groups excluding tert-OH is 3. The van der Waals surface area contributed by atoms with Crippen LogP contribution in [0.2, 0.25) is 0 Å². The summed E-state index contributed by atoms with van der Waals surface area (Å²) in [6, 6.07) is 0.